The largest absolute Gasteiger partial charge is 0.448 e. The Morgan fingerprint density at radius 2 is 2.25 bits per heavy atom. The van der Waals surface area contributed by atoms with Crippen molar-refractivity contribution in [1.29, 1.82) is 0 Å². The number of hydrogen-bond donors (Lipinski definition) is 1. The number of nitrogens with one attached hydrogen (secondary N) is 1. The Labute approximate surface area is 96.1 Å². The summed E-state index contributed by atoms with van der Waals surface area (Å²) in [5.74, 6) is 0. The van der Waals surface area contributed by atoms with E-state index in [2.05, 4.69) is 10.3 Å². The molecule has 0 aromatic carbocycles. The van der Waals surface area contributed by atoms with Crippen LogP contribution in [0.25, 0.3) is 0 Å². The molecule has 0 saturated carbocycles. The van der Waals surface area contributed by atoms with Crippen LogP contribution in [-0.4, -0.2) is 30.8 Å². The van der Waals surface area contributed by atoms with Crippen LogP contribution in [0.5, 0.6) is 6.08 Å². The molecule has 1 aromatic rings. The quantitative estimate of drug-likeness (QED) is 0.685. The highest BCUT2D eigenvalue weighted by Gasteiger charge is 2.04. The van der Waals surface area contributed by atoms with Crippen molar-refractivity contribution >= 4 is 0 Å². The first-order valence-corrected chi connectivity index (χ1v) is 5.62. The lowest BCUT2D eigenvalue weighted by molar-refractivity contribution is 0.0480. The van der Waals surface area contributed by atoms with Crippen molar-refractivity contribution in [2.75, 3.05) is 19.8 Å². The molecular weight excluding hydrogens is 208 g/mol. The summed E-state index contributed by atoms with van der Waals surface area (Å²) in [6.45, 7) is 8.62. The minimum absolute atomic E-state index is 0.220. The van der Waals surface area contributed by atoms with Crippen LogP contribution in [0.4, 0.5) is 0 Å². The number of nitrogens with zero attached hydrogens (tertiary/aromatic N) is 1. The predicted molar refractivity (Wildman–Crippen MR) is 60.5 cm³/mol. The lowest BCUT2D eigenvalue weighted by Crippen LogP contribution is -2.12. The molecule has 0 aliphatic carbocycles. The molecule has 1 N–H and O–H groups in total. The lowest BCUT2D eigenvalue weighted by atomic mass is 10.5. The lowest BCUT2D eigenvalue weighted by Gasteiger charge is -2.06. The third-order valence-corrected chi connectivity index (χ3v) is 1.85. The molecule has 1 aromatic heterocycles. The van der Waals surface area contributed by atoms with E-state index in [0.717, 1.165) is 12.2 Å². The fourth-order valence-corrected chi connectivity index (χ4v) is 1.10. The molecule has 1 rings (SSSR count). The van der Waals surface area contributed by atoms with Gasteiger partial charge in [0.15, 0.2) is 0 Å². The van der Waals surface area contributed by atoms with Crippen molar-refractivity contribution in [2.24, 2.45) is 0 Å². The normalized spacial score (nSPS) is 11.0. The van der Waals surface area contributed by atoms with Gasteiger partial charge in [0.25, 0.3) is 0 Å². The molecule has 0 spiro atoms. The summed E-state index contributed by atoms with van der Waals surface area (Å²) < 4.78 is 15.8. The van der Waals surface area contributed by atoms with Gasteiger partial charge in [-0.15, -0.1) is 0 Å². The first-order chi connectivity index (χ1) is 7.72. The Hall–Kier alpha value is -1.07. The van der Waals surface area contributed by atoms with Crippen molar-refractivity contribution in [2.45, 2.75) is 33.4 Å². The summed E-state index contributed by atoms with van der Waals surface area (Å²) in [7, 11) is 0. The predicted octanol–water partition coefficient (Wildman–Crippen LogP) is 1.59. The molecule has 0 saturated heterocycles. The molecule has 0 bridgehead atoms. The fourth-order valence-electron chi connectivity index (χ4n) is 1.10. The van der Waals surface area contributed by atoms with Crippen molar-refractivity contribution in [1.82, 2.24) is 10.3 Å². The molecular formula is C11H20N2O3. The van der Waals surface area contributed by atoms with Crippen LogP contribution in [-0.2, 0) is 11.3 Å². The minimum atomic E-state index is 0.220. The van der Waals surface area contributed by atoms with Gasteiger partial charge in [0.2, 0.25) is 0 Å². The standard InChI is InChI=1S/C11H20N2O3/c1-4-12-7-10-8-16-11(13-10)15-6-5-14-9(2)3/h8-9,12H,4-7H2,1-3H3. The number of hydrogen-bond acceptors (Lipinski definition) is 5. The number of aromatic nitrogens is 1. The molecule has 0 aliphatic rings. The van der Waals surface area contributed by atoms with Crippen LogP contribution in [0.3, 0.4) is 0 Å². The van der Waals surface area contributed by atoms with Crippen LogP contribution in [0, 0.1) is 0 Å². The van der Waals surface area contributed by atoms with Gasteiger partial charge in [-0.25, -0.2) is 0 Å². The molecule has 5 heteroatoms. The third-order valence-electron chi connectivity index (χ3n) is 1.85. The van der Waals surface area contributed by atoms with Crippen molar-refractivity contribution in [3.8, 4) is 6.08 Å². The molecule has 1 heterocycles. The summed E-state index contributed by atoms with van der Waals surface area (Å²) in [6, 6.07) is 0. The van der Waals surface area contributed by atoms with Gasteiger partial charge in [-0.05, 0) is 20.4 Å². The Kier molecular flexibility index (Phi) is 5.88. The molecule has 0 atom stereocenters. The van der Waals surface area contributed by atoms with E-state index < -0.39 is 0 Å². The van der Waals surface area contributed by atoms with Gasteiger partial charge in [0.05, 0.1) is 18.4 Å². The average molecular weight is 228 g/mol. The molecule has 0 amide bonds. The molecule has 16 heavy (non-hydrogen) atoms. The van der Waals surface area contributed by atoms with Gasteiger partial charge < -0.3 is 19.2 Å². The van der Waals surface area contributed by atoms with E-state index in [0.29, 0.717) is 25.8 Å². The summed E-state index contributed by atoms with van der Waals surface area (Å²) in [4.78, 5) is 4.16. The smallest absolute Gasteiger partial charge is 0.393 e. The van der Waals surface area contributed by atoms with Crippen LogP contribution in [0.15, 0.2) is 10.7 Å². The summed E-state index contributed by atoms with van der Waals surface area (Å²) in [5, 5.41) is 3.16. The third kappa shape index (κ3) is 5.14. The Balaban J connectivity index is 2.19. The Morgan fingerprint density at radius 3 is 2.94 bits per heavy atom. The van der Waals surface area contributed by atoms with E-state index in [4.69, 9.17) is 13.9 Å². The van der Waals surface area contributed by atoms with Crippen molar-refractivity contribution < 1.29 is 13.9 Å². The summed E-state index contributed by atoms with van der Waals surface area (Å²) in [5.41, 5.74) is 0.849. The van der Waals surface area contributed by atoms with Crippen molar-refractivity contribution in [3.63, 3.8) is 0 Å². The molecule has 0 aliphatic heterocycles. The van der Waals surface area contributed by atoms with E-state index in [9.17, 15) is 0 Å². The van der Waals surface area contributed by atoms with Gasteiger partial charge in [-0.2, -0.15) is 4.98 Å². The van der Waals surface area contributed by atoms with Gasteiger partial charge >= 0.3 is 6.08 Å². The zero-order valence-corrected chi connectivity index (χ0v) is 10.2. The van der Waals surface area contributed by atoms with E-state index in [1.807, 2.05) is 20.8 Å². The Bertz CT molecular complexity index is 287. The molecule has 0 radical (unpaired) electrons. The Morgan fingerprint density at radius 1 is 1.44 bits per heavy atom. The van der Waals surface area contributed by atoms with Gasteiger partial charge in [0.1, 0.15) is 12.9 Å². The van der Waals surface area contributed by atoms with Gasteiger partial charge in [-0.3, -0.25) is 0 Å². The molecule has 0 fully saturated rings. The first-order valence-electron chi connectivity index (χ1n) is 5.62. The maximum Gasteiger partial charge on any atom is 0.393 e. The van der Waals surface area contributed by atoms with E-state index >= 15 is 0 Å². The summed E-state index contributed by atoms with van der Waals surface area (Å²) in [6.07, 6.45) is 2.12. The van der Waals surface area contributed by atoms with Crippen LogP contribution >= 0.6 is 0 Å². The van der Waals surface area contributed by atoms with Crippen molar-refractivity contribution in [3.05, 3.63) is 12.0 Å². The monoisotopic (exact) mass is 228 g/mol. The van der Waals surface area contributed by atoms with Crippen LogP contribution in [0.2, 0.25) is 0 Å². The zero-order chi connectivity index (χ0) is 11.8. The maximum absolute atomic E-state index is 5.33. The van der Waals surface area contributed by atoms with Gasteiger partial charge in [-0.1, -0.05) is 6.92 Å². The maximum atomic E-state index is 5.33. The second-order valence-electron chi connectivity index (χ2n) is 3.65. The number of oxazole rings is 1. The minimum Gasteiger partial charge on any atom is -0.448 e. The molecule has 0 unspecified atom stereocenters. The summed E-state index contributed by atoms with van der Waals surface area (Å²) >= 11 is 0. The second-order valence-corrected chi connectivity index (χ2v) is 3.65. The van der Waals surface area contributed by atoms with Gasteiger partial charge in [0, 0.05) is 6.54 Å². The topological polar surface area (TPSA) is 56.5 Å². The highest BCUT2D eigenvalue weighted by Crippen LogP contribution is 2.09. The first kappa shape index (κ1) is 13.0. The van der Waals surface area contributed by atoms with Crippen LogP contribution < -0.4 is 10.1 Å². The SMILES string of the molecule is CCNCc1coc(OCCOC(C)C)n1. The fraction of sp³-hybridized carbons (Fsp3) is 0.727. The molecule has 5 nitrogen and oxygen atoms in total. The second kappa shape index (κ2) is 7.24. The zero-order valence-electron chi connectivity index (χ0n) is 10.2. The van der Waals surface area contributed by atoms with E-state index in [1.165, 1.54) is 0 Å². The van der Waals surface area contributed by atoms with E-state index in [-0.39, 0.29) is 6.10 Å². The number of ether oxygens (including phenoxy) is 2. The average Bonchev–Trinajstić information content (AvgIpc) is 2.69. The number of rotatable bonds is 8. The highest BCUT2D eigenvalue weighted by molar-refractivity contribution is 4.99. The highest BCUT2D eigenvalue weighted by atomic mass is 16.6. The molecule has 92 valence electrons. The van der Waals surface area contributed by atoms with E-state index in [1.54, 1.807) is 6.26 Å². The van der Waals surface area contributed by atoms with Crippen LogP contribution in [0.1, 0.15) is 26.5 Å².